The molecular weight excluding hydrogens is 382 g/mol. The van der Waals surface area contributed by atoms with Crippen molar-refractivity contribution in [3.63, 3.8) is 0 Å². The van der Waals surface area contributed by atoms with E-state index in [1.807, 2.05) is 49.4 Å². The molecule has 6 heteroatoms. The van der Waals surface area contributed by atoms with Gasteiger partial charge in [0.25, 0.3) is 5.56 Å². The number of hydrogen-bond donors (Lipinski definition) is 1. The Morgan fingerprint density at radius 2 is 1.86 bits per heavy atom. The highest BCUT2D eigenvalue weighted by Gasteiger charge is 2.17. The molecule has 0 bridgehead atoms. The fraction of sp³-hybridized carbons (Fsp3) is 0.348. The van der Waals surface area contributed by atoms with Gasteiger partial charge in [-0.3, -0.25) is 14.2 Å². The number of rotatable bonds is 8. The highest BCUT2D eigenvalue weighted by atomic mass is 32.2. The Kier molecular flexibility index (Phi) is 7.09. The normalized spacial score (nSPS) is 12.1. The molecule has 0 radical (unpaired) electrons. The van der Waals surface area contributed by atoms with E-state index < -0.39 is 0 Å². The lowest BCUT2D eigenvalue weighted by Gasteiger charge is -2.16. The number of carbonyl (C=O) groups is 1. The van der Waals surface area contributed by atoms with Crippen LogP contribution >= 0.6 is 11.8 Å². The number of hydrogen-bond acceptors (Lipinski definition) is 4. The predicted molar refractivity (Wildman–Crippen MR) is 120 cm³/mol. The van der Waals surface area contributed by atoms with Crippen molar-refractivity contribution in [2.45, 2.75) is 51.2 Å². The molecule has 152 valence electrons. The Balaban J connectivity index is 2.01. The summed E-state index contributed by atoms with van der Waals surface area (Å²) in [4.78, 5) is 30.4. The van der Waals surface area contributed by atoms with Crippen LogP contribution in [-0.2, 0) is 11.2 Å². The van der Waals surface area contributed by atoms with E-state index in [1.54, 1.807) is 10.6 Å². The van der Waals surface area contributed by atoms with Gasteiger partial charge in [0, 0.05) is 6.04 Å². The average Bonchev–Trinajstić information content (AvgIpc) is 2.72. The zero-order valence-corrected chi connectivity index (χ0v) is 18.0. The minimum absolute atomic E-state index is 0.0475. The molecule has 3 aromatic rings. The van der Waals surface area contributed by atoms with Gasteiger partial charge in [0.05, 0.1) is 22.3 Å². The molecule has 1 amide bonds. The zero-order chi connectivity index (χ0) is 20.8. The van der Waals surface area contributed by atoms with Crippen molar-refractivity contribution in [1.82, 2.24) is 14.9 Å². The molecule has 0 fully saturated rings. The summed E-state index contributed by atoms with van der Waals surface area (Å²) in [6.45, 7) is 6.17. The maximum Gasteiger partial charge on any atom is 0.266 e. The Hall–Kier alpha value is -2.60. The summed E-state index contributed by atoms with van der Waals surface area (Å²) in [5.74, 6) is 0.168. The Bertz CT molecular complexity index is 1060. The molecule has 1 atom stereocenters. The molecule has 0 spiro atoms. The maximum atomic E-state index is 13.3. The van der Waals surface area contributed by atoms with Gasteiger partial charge in [-0.05, 0) is 43.5 Å². The second-order valence-electron chi connectivity index (χ2n) is 7.08. The molecule has 2 aromatic carbocycles. The second kappa shape index (κ2) is 9.74. The monoisotopic (exact) mass is 409 g/mol. The van der Waals surface area contributed by atoms with Gasteiger partial charge < -0.3 is 5.32 Å². The van der Waals surface area contributed by atoms with Crippen LogP contribution in [0.25, 0.3) is 16.6 Å². The molecule has 0 unspecified atom stereocenters. The third-order valence-electron chi connectivity index (χ3n) is 4.82. The van der Waals surface area contributed by atoms with Gasteiger partial charge >= 0.3 is 0 Å². The third-order valence-corrected chi connectivity index (χ3v) is 5.76. The van der Waals surface area contributed by atoms with Crippen molar-refractivity contribution < 1.29 is 4.79 Å². The number of nitrogens with zero attached hydrogens (tertiary/aromatic N) is 2. The molecular formula is C23H27N3O2S. The van der Waals surface area contributed by atoms with Gasteiger partial charge in [-0.25, -0.2) is 4.98 Å². The smallest absolute Gasteiger partial charge is 0.266 e. The van der Waals surface area contributed by atoms with E-state index in [4.69, 9.17) is 4.98 Å². The first-order valence-corrected chi connectivity index (χ1v) is 11.1. The quantitative estimate of drug-likeness (QED) is 0.444. The first-order valence-electron chi connectivity index (χ1n) is 10.1. The maximum absolute atomic E-state index is 13.3. The van der Waals surface area contributed by atoms with Crippen LogP contribution in [0.4, 0.5) is 0 Å². The fourth-order valence-electron chi connectivity index (χ4n) is 3.40. The van der Waals surface area contributed by atoms with Crippen LogP contribution in [0.3, 0.4) is 0 Å². The highest BCUT2D eigenvalue weighted by Crippen LogP contribution is 2.23. The SMILES string of the molecule is CCC[C@@H](C)NC(=O)CSc1nc2ccccc2c(=O)n1-c1ccccc1CC. The Labute approximate surface area is 175 Å². The van der Waals surface area contributed by atoms with E-state index in [1.165, 1.54) is 11.8 Å². The number of benzene rings is 2. The van der Waals surface area contributed by atoms with Crippen molar-refractivity contribution in [3.05, 3.63) is 64.4 Å². The molecule has 0 saturated heterocycles. The number of thioether (sulfide) groups is 1. The van der Waals surface area contributed by atoms with E-state index in [9.17, 15) is 9.59 Å². The lowest BCUT2D eigenvalue weighted by molar-refractivity contribution is -0.119. The number of carbonyl (C=O) groups excluding carboxylic acids is 1. The van der Waals surface area contributed by atoms with Gasteiger partial charge in [-0.15, -0.1) is 0 Å². The summed E-state index contributed by atoms with van der Waals surface area (Å²) >= 11 is 1.30. The summed E-state index contributed by atoms with van der Waals surface area (Å²) < 4.78 is 1.65. The summed E-state index contributed by atoms with van der Waals surface area (Å²) in [7, 11) is 0. The Morgan fingerprint density at radius 3 is 2.62 bits per heavy atom. The summed E-state index contributed by atoms with van der Waals surface area (Å²) in [6, 6.07) is 15.3. The molecule has 3 rings (SSSR count). The summed E-state index contributed by atoms with van der Waals surface area (Å²) in [6.07, 6.45) is 2.77. The first-order chi connectivity index (χ1) is 14.0. The van der Waals surface area contributed by atoms with Crippen molar-refractivity contribution >= 4 is 28.6 Å². The Morgan fingerprint density at radius 1 is 1.14 bits per heavy atom. The van der Waals surface area contributed by atoms with E-state index in [0.29, 0.717) is 16.1 Å². The molecule has 0 aliphatic carbocycles. The number of nitrogens with one attached hydrogen (secondary N) is 1. The highest BCUT2D eigenvalue weighted by molar-refractivity contribution is 7.99. The van der Waals surface area contributed by atoms with Crippen molar-refractivity contribution in [2.24, 2.45) is 0 Å². The van der Waals surface area contributed by atoms with E-state index >= 15 is 0 Å². The minimum atomic E-state index is -0.112. The number of aromatic nitrogens is 2. The van der Waals surface area contributed by atoms with Gasteiger partial charge in [0.15, 0.2) is 5.16 Å². The van der Waals surface area contributed by atoms with Gasteiger partial charge in [-0.1, -0.05) is 62.4 Å². The fourth-order valence-corrected chi connectivity index (χ4v) is 4.22. The molecule has 29 heavy (non-hydrogen) atoms. The topological polar surface area (TPSA) is 64.0 Å². The molecule has 0 aliphatic heterocycles. The molecule has 0 aliphatic rings. The largest absolute Gasteiger partial charge is 0.353 e. The van der Waals surface area contributed by atoms with E-state index in [2.05, 4.69) is 19.2 Å². The van der Waals surface area contributed by atoms with Crippen LogP contribution in [0.1, 0.15) is 39.2 Å². The van der Waals surface area contributed by atoms with Crippen LogP contribution in [0.2, 0.25) is 0 Å². The number of aryl methyl sites for hydroxylation is 1. The van der Waals surface area contributed by atoms with Crippen LogP contribution in [0.15, 0.2) is 58.5 Å². The standard InChI is InChI=1S/C23H27N3O2S/c1-4-10-16(3)24-21(27)15-29-23-25-19-13-8-7-12-18(19)22(28)26(23)20-14-9-6-11-17(20)5-2/h6-9,11-14,16H,4-5,10,15H2,1-3H3,(H,24,27)/t16-/m1/s1. The average molecular weight is 410 g/mol. The van der Waals surface area contributed by atoms with Gasteiger partial charge in [-0.2, -0.15) is 0 Å². The van der Waals surface area contributed by atoms with Crippen molar-refractivity contribution in [2.75, 3.05) is 5.75 Å². The van der Waals surface area contributed by atoms with E-state index in [0.717, 1.165) is 30.5 Å². The minimum Gasteiger partial charge on any atom is -0.353 e. The number of amides is 1. The zero-order valence-electron chi connectivity index (χ0n) is 17.1. The van der Waals surface area contributed by atoms with Crippen LogP contribution in [0, 0.1) is 0 Å². The lowest BCUT2D eigenvalue weighted by atomic mass is 10.1. The number of fused-ring (bicyclic) bond motifs is 1. The summed E-state index contributed by atoms with van der Waals surface area (Å²) in [5, 5.41) is 4.12. The third kappa shape index (κ3) is 4.88. The molecule has 0 saturated carbocycles. The molecule has 1 heterocycles. The predicted octanol–water partition coefficient (Wildman–Crippen LogP) is 4.35. The van der Waals surface area contributed by atoms with Crippen molar-refractivity contribution in [1.29, 1.82) is 0 Å². The molecule has 5 nitrogen and oxygen atoms in total. The van der Waals surface area contributed by atoms with Gasteiger partial charge in [0.1, 0.15) is 0 Å². The van der Waals surface area contributed by atoms with E-state index in [-0.39, 0.29) is 23.3 Å². The van der Waals surface area contributed by atoms with Crippen LogP contribution in [-0.4, -0.2) is 27.3 Å². The van der Waals surface area contributed by atoms with Gasteiger partial charge in [0.2, 0.25) is 5.91 Å². The van der Waals surface area contributed by atoms with Crippen LogP contribution in [0.5, 0.6) is 0 Å². The second-order valence-corrected chi connectivity index (χ2v) is 8.02. The number of para-hydroxylation sites is 2. The lowest BCUT2D eigenvalue weighted by Crippen LogP contribution is -2.34. The summed E-state index contributed by atoms with van der Waals surface area (Å²) in [5.41, 5.74) is 2.42. The first kappa shape index (κ1) is 21.1. The van der Waals surface area contributed by atoms with Crippen LogP contribution < -0.4 is 10.9 Å². The molecule has 1 N–H and O–H groups in total. The van der Waals surface area contributed by atoms with Crippen molar-refractivity contribution in [3.8, 4) is 5.69 Å². The molecule has 1 aromatic heterocycles.